The van der Waals surface area contributed by atoms with Gasteiger partial charge >= 0.3 is 0 Å². The Kier molecular flexibility index (Phi) is 7.19. The number of amides is 1. The fraction of sp³-hybridized carbons (Fsp3) is 0.346. The molecule has 0 radical (unpaired) electrons. The standard InChI is InChI=1S/C26H31N5O2/c1-4-31(5-2)13-7-9-18-8-6-10-20(14-18)28-26-27-17-19-15-24(32)29-23-16-21(33-3)11-12-22(23)25(19)30-26/h6,8,10-12,14,16-17H,4-5,7,9,13,15H2,1-3H3,(H,29,32)(H,27,28,30). The molecule has 7 nitrogen and oxygen atoms in total. The SMILES string of the molecule is CCN(CC)CCCc1cccc(Nc2ncc3c(n2)-c2ccc(OC)cc2NC(=O)C3)c1. The number of carbonyl (C=O) groups excluding carboxylic acids is 1. The van der Waals surface area contributed by atoms with E-state index in [1.54, 1.807) is 13.3 Å². The number of nitrogens with one attached hydrogen (secondary N) is 2. The molecule has 1 aliphatic rings. The molecule has 2 aromatic carbocycles. The van der Waals surface area contributed by atoms with Gasteiger partial charge in [0, 0.05) is 29.1 Å². The molecule has 0 bridgehead atoms. The Morgan fingerprint density at radius 2 is 2.00 bits per heavy atom. The summed E-state index contributed by atoms with van der Waals surface area (Å²) in [6.45, 7) is 7.69. The molecule has 1 aromatic heterocycles. The average molecular weight is 446 g/mol. The first kappa shape index (κ1) is 22.7. The molecule has 4 rings (SSSR count). The lowest BCUT2D eigenvalue weighted by Crippen LogP contribution is -2.24. The Bertz CT molecular complexity index is 1130. The van der Waals surface area contributed by atoms with Crippen LogP contribution in [0.1, 0.15) is 31.4 Å². The minimum absolute atomic E-state index is 0.0926. The van der Waals surface area contributed by atoms with Gasteiger partial charge in [0.1, 0.15) is 5.75 Å². The number of rotatable bonds is 9. The zero-order valence-corrected chi connectivity index (χ0v) is 19.5. The molecule has 0 aliphatic carbocycles. The molecule has 2 heterocycles. The first-order valence-corrected chi connectivity index (χ1v) is 11.5. The van der Waals surface area contributed by atoms with E-state index in [0.717, 1.165) is 55.0 Å². The van der Waals surface area contributed by atoms with Gasteiger partial charge in [0.05, 0.1) is 24.9 Å². The molecule has 3 aromatic rings. The number of aromatic nitrogens is 2. The number of fused-ring (bicyclic) bond motifs is 3. The lowest BCUT2D eigenvalue weighted by molar-refractivity contribution is -0.115. The third-order valence-electron chi connectivity index (χ3n) is 5.99. The van der Waals surface area contributed by atoms with Crippen LogP contribution in [0.4, 0.5) is 17.3 Å². The maximum atomic E-state index is 12.4. The highest BCUT2D eigenvalue weighted by Gasteiger charge is 2.21. The van der Waals surface area contributed by atoms with Gasteiger partial charge in [-0.05, 0) is 62.3 Å². The van der Waals surface area contributed by atoms with Crippen molar-refractivity contribution in [2.24, 2.45) is 0 Å². The monoisotopic (exact) mass is 445 g/mol. The van der Waals surface area contributed by atoms with Crippen molar-refractivity contribution in [3.63, 3.8) is 0 Å². The minimum atomic E-state index is -0.0926. The van der Waals surface area contributed by atoms with Gasteiger partial charge in [-0.25, -0.2) is 9.97 Å². The van der Waals surface area contributed by atoms with E-state index in [9.17, 15) is 4.79 Å². The van der Waals surface area contributed by atoms with Crippen molar-refractivity contribution in [1.82, 2.24) is 14.9 Å². The number of benzene rings is 2. The van der Waals surface area contributed by atoms with E-state index < -0.39 is 0 Å². The number of hydrogen-bond acceptors (Lipinski definition) is 6. The van der Waals surface area contributed by atoms with E-state index >= 15 is 0 Å². The predicted octanol–water partition coefficient (Wildman–Crippen LogP) is 4.66. The Hall–Kier alpha value is -3.45. The van der Waals surface area contributed by atoms with Gasteiger partial charge in [0.2, 0.25) is 11.9 Å². The highest BCUT2D eigenvalue weighted by Crippen LogP contribution is 2.35. The zero-order valence-electron chi connectivity index (χ0n) is 19.5. The summed E-state index contributed by atoms with van der Waals surface area (Å²) < 4.78 is 5.31. The van der Waals surface area contributed by atoms with Gasteiger partial charge in [0.15, 0.2) is 0 Å². The summed E-state index contributed by atoms with van der Waals surface area (Å²) in [6.07, 6.45) is 4.12. The van der Waals surface area contributed by atoms with Crippen LogP contribution in [0.15, 0.2) is 48.7 Å². The molecule has 0 atom stereocenters. The molecule has 0 fully saturated rings. The lowest BCUT2D eigenvalue weighted by atomic mass is 10.0. The number of aryl methyl sites for hydroxylation is 1. The van der Waals surface area contributed by atoms with Crippen LogP contribution in [0.2, 0.25) is 0 Å². The Balaban J connectivity index is 1.54. The Labute approximate surface area is 195 Å². The van der Waals surface area contributed by atoms with Gasteiger partial charge in [0.25, 0.3) is 0 Å². The first-order valence-electron chi connectivity index (χ1n) is 11.5. The van der Waals surface area contributed by atoms with Crippen LogP contribution in [0, 0.1) is 0 Å². The van der Waals surface area contributed by atoms with Crippen LogP contribution in [0.3, 0.4) is 0 Å². The summed E-state index contributed by atoms with van der Waals surface area (Å²) in [4.78, 5) is 24.1. The summed E-state index contributed by atoms with van der Waals surface area (Å²) in [7, 11) is 1.61. The third-order valence-corrected chi connectivity index (χ3v) is 5.99. The van der Waals surface area contributed by atoms with Gasteiger partial charge in [-0.3, -0.25) is 4.79 Å². The molecule has 7 heteroatoms. The number of hydrogen-bond donors (Lipinski definition) is 2. The second-order valence-corrected chi connectivity index (χ2v) is 8.16. The van der Waals surface area contributed by atoms with Gasteiger partial charge < -0.3 is 20.3 Å². The van der Waals surface area contributed by atoms with Crippen molar-refractivity contribution in [2.45, 2.75) is 33.1 Å². The van der Waals surface area contributed by atoms with E-state index in [0.29, 0.717) is 17.4 Å². The van der Waals surface area contributed by atoms with Crippen molar-refractivity contribution in [3.8, 4) is 17.0 Å². The number of carbonyl (C=O) groups is 1. The summed E-state index contributed by atoms with van der Waals surface area (Å²) in [5.41, 5.74) is 5.33. The minimum Gasteiger partial charge on any atom is -0.497 e. The molecule has 1 aliphatic heterocycles. The van der Waals surface area contributed by atoms with E-state index in [1.807, 2.05) is 24.3 Å². The van der Waals surface area contributed by atoms with E-state index in [-0.39, 0.29) is 12.3 Å². The summed E-state index contributed by atoms with van der Waals surface area (Å²) in [5.74, 6) is 1.10. The molecule has 33 heavy (non-hydrogen) atoms. The van der Waals surface area contributed by atoms with Crippen molar-refractivity contribution in [3.05, 3.63) is 59.8 Å². The van der Waals surface area contributed by atoms with Gasteiger partial charge in [-0.2, -0.15) is 0 Å². The number of ether oxygens (including phenoxy) is 1. The molecule has 0 spiro atoms. The largest absolute Gasteiger partial charge is 0.497 e. The second kappa shape index (κ2) is 10.4. The second-order valence-electron chi connectivity index (χ2n) is 8.16. The highest BCUT2D eigenvalue weighted by atomic mass is 16.5. The van der Waals surface area contributed by atoms with Crippen LogP contribution in [-0.2, 0) is 17.6 Å². The van der Waals surface area contributed by atoms with E-state index in [4.69, 9.17) is 9.72 Å². The molecule has 1 amide bonds. The van der Waals surface area contributed by atoms with Crippen LogP contribution in [0.5, 0.6) is 5.75 Å². The number of methoxy groups -OCH3 is 1. The topological polar surface area (TPSA) is 79.4 Å². The summed E-state index contributed by atoms with van der Waals surface area (Å²) in [6, 6.07) is 14.0. The van der Waals surface area contributed by atoms with Crippen molar-refractivity contribution >= 4 is 23.2 Å². The van der Waals surface area contributed by atoms with Crippen molar-refractivity contribution in [2.75, 3.05) is 37.4 Å². The predicted molar refractivity (Wildman–Crippen MR) is 132 cm³/mol. The third kappa shape index (κ3) is 5.49. The Morgan fingerprint density at radius 1 is 1.15 bits per heavy atom. The molecule has 2 N–H and O–H groups in total. The van der Waals surface area contributed by atoms with E-state index in [2.05, 4.69) is 52.6 Å². The zero-order chi connectivity index (χ0) is 23.2. The van der Waals surface area contributed by atoms with Crippen LogP contribution in [-0.4, -0.2) is 47.5 Å². The molecule has 0 saturated carbocycles. The van der Waals surface area contributed by atoms with Gasteiger partial charge in [-0.1, -0.05) is 26.0 Å². The van der Waals surface area contributed by atoms with Crippen LogP contribution in [0.25, 0.3) is 11.3 Å². The number of nitrogens with zero attached hydrogens (tertiary/aromatic N) is 3. The highest BCUT2D eigenvalue weighted by molar-refractivity contribution is 6.00. The lowest BCUT2D eigenvalue weighted by Gasteiger charge is -2.17. The Morgan fingerprint density at radius 3 is 2.79 bits per heavy atom. The summed E-state index contributed by atoms with van der Waals surface area (Å²) in [5, 5.41) is 6.28. The fourth-order valence-electron chi connectivity index (χ4n) is 4.14. The van der Waals surface area contributed by atoms with Crippen molar-refractivity contribution < 1.29 is 9.53 Å². The smallest absolute Gasteiger partial charge is 0.228 e. The number of anilines is 3. The quantitative estimate of drug-likeness (QED) is 0.499. The molecular formula is C26H31N5O2. The maximum absolute atomic E-state index is 12.4. The molecule has 0 unspecified atom stereocenters. The molecule has 0 saturated heterocycles. The molecular weight excluding hydrogens is 414 g/mol. The van der Waals surface area contributed by atoms with Crippen LogP contribution >= 0.6 is 0 Å². The fourth-order valence-corrected chi connectivity index (χ4v) is 4.14. The van der Waals surface area contributed by atoms with Crippen molar-refractivity contribution in [1.29, 1.82) is 0 Å². The maximum Gasteiger partial charge on any atom is 0.228 e. The molecule has 172 valence electrons. The average Bonchev–Trinajstić information content (AvgIpc) is 2.96. The van der Waals surface area contributed by atoms with Gasteiger partial charge in [-0.15, -0.1) is 0 Å². The normalized spacial score (nSPS) is 12.5. The van der Waals surface area contributed by atoms with E-state index in [1.165, 1.54) is 5.56 Å². The first-order chi connectivity index (χ1) is 16.1. The van der Waals surface area contributed by atoms with Crippen LogP contribution < -0.4 is 15.4 Å². The summed E-state index contributed by atoms with van der Waals surface area (Å²) >= 11 is 0.